The largest absolute Gasteiger partial charge is 0.225 e. The van der Waals surface area contributed by atoms with Crippen LogP contribution in [-0.4, -0.2) is 9.36 Å². The Kier molecular flexibility index (Phi) is 2.73. The van der Waals surface area contributed by atoms with Gasteiger partial charge in [0.1, 0.15) is 22.5 Å². The van der Waals surface area contributed by atoms with Crippen LogP contribution >= 0.6 is 11.5 Å². The van der Waals surface area contributed by atoms with Crippen LogP contribution in [0.4, 0.5) is 8.78 Å². The zero-order chi connectivity index (χ0) is 10.8. The van der Waals surface area contributed by atoms with Crippen molar-refractivity contribution in [1.29, 1.82) is 0 Å². The number of rotatable bonds is 2. The van der Waals surface area contributed by atoms with Crippen molar-refractivity contribution >= 4 is 11.5 Å². The predicted octanol–water partition coefficient (Wildman–Crippen LogP) is 2.72. The molecule has 0 N–H and O–H groups in total. The summed E-state index contributed by atoms with van der Waals surface area (Å²) < 4.78 is 29.9. The number of hydrogen-bond donors (Lipinski definition) is 0. The van der Waals surface area contributed by atoms with Crippen LogP contribution in [0.5, 0.6) is 0 Å². The lowest BCUT2D eigenvalue weighted by Crippen LogP contribution is -1.95. The molecule has 0 aliphatic rings. The van der Waals surface area contributed by atoms with E-state index >= 15 is 0 Å². The molecule has 1 aromatic heterocycles. The summed E-state index contributed by atoms with van der Waals surface area (Å²) in [5.41, 5.74) is 0.411. The van der Waals surface area contributed by atoms with E-state index in [9.17, 15) is 8.78 Å². The first kappa shape index (κ1) is 10.2. The molecule has 0 unspecified atom stereocenters. The third-order valence-corrected chi connectivity index (χ3v) is 2.59. The maximum atomic E-state index is 13.3. The molecule has 0 saturated heterocycles. The number of aromatic nitrogens is 2. The van der Waals surface area contributed by atoms with Gasteiger partial charge in [0.15, 0.2) is 0 Å². The molecular formula is C10H8F2N2S. The highest BCUT2D eigenvalue weighted by atomic mass is 32.1. The van der Waals surface area contributed by atoms with Crippen molar-refractivity contribution < 1.29 is 8.78 Å². The standard InChI is InChI=1S/C10H8F2N2S/c1-6-13-10(14-15-6)4-7-2-3-8(11)5-9(7)12/h2-3,5H,4H2,1H3. The second-order valence-electron chi connectivity index (χ2n) is 3.14. The van der Waals surface area contributed by atoms with E-state index in [1.165, 1.54) is 23.7 Å². The van der Waals surface area contributed by atoms with Gasteiger partial charge in [-0.3, -0.25) is 0 Å². The molecule has 0 bridgehead atoms. The van der Waals surface area contributed by atoms with Crippen molar-refractivity contribution in [3.63, 3.8) is 0 Å². The van der Waals surface area contributed by atoms with E-state index in [-0.39, 0.29) is 0 Å². The van der Waals surface area contributed by atoms with Crippen LogP contribution < -0.4 is 0 Å². The van der Waals surface area contributed by atoms with Crippen LogP contribution in [0.25, 0.3) is 0 Å². The summed E-state index contributed by atoms with van der Waals surface area (Å²) in [5, 5.41) is 0.840. The summed E-state index contributed by atoms with van der Waals surface area (Å²) in [5.74, 6) is -0.552. The Labute approximate surface area is 89.8 Å². The van der Waals surface area contributed by atoms with Crippen LogP contribution in [0.3, 0.4) is 0 Å². The van der Waals surface area contributed by atoms with Crippen molar-refractivity contribution in [1.82, 2.24) is 9.36 Å². The fraction of sp³-hybridized carbons (Fsp3) is 0.200. The van der Waals surface area contributed by atoms with Gasteiger partial charge in [-0.1, -0.05) is 6.07 Å². The zero-order valence-corrected chi connectivity index (χ0v) is 8.81. The Bertz CT molecular complexity index is 482. The average Bonchev–Trinajstić information content (AvgIpc) is 2.56. The Balaban J connectivity index is 2.24. The minimum absolute atomic E-state index is 0.302. The van der Waals surface area contributed by atoms with Crippen LogP contribution in [0, 0.1) is 18.6 Å². The van der Waals surface area contributed by atoms with E-state index in [1.54, 1.807) is 0 Å². The maximum Gasteiger partial charge on any atom is 0.147 e. The lowest BCUT2D eigenvalue weighted by molar-refractivity contribution is 0.574. The number of hydrogen-bond acceptors (Lipinski definition) is 3. The second kappa shape index (κ2) is 4.02. The molecular weight excluding hydrogens is 218 g/mol. The first-order chi connectivity index (χ1) is 7.15. The van der Waals surface area contributed by atoms with E-state index in [4.69, 9.17) is 0 Å². The van der Waals surface area contributed by atoms with Gasteiger partial charge in [0.25, 0.3) is 0 Å². The second-order valence-corrected chi connectivity index (χ2v) is 4.10. The Morgan fingerprint density at radius 1 is 1.33 bits per heavy atom. The number of aryl methyl sites for hydroxylation is 1. The van der Waals surface area contributed by atoms with Crippen molar-refractivity contribution in [2.24, 2.45) is 0 Å². The lowest BCUT2D eigenvalue weighted by Gasteiger charge is -1.99. The molecule has 0 aliphatic carbocycles. The summed E-state index contributed by atoms with van der Waals surface area (Å²) in [4.78, 5) is 4.12. The number of benzene rings is 1. The lowest BCUT2D eigenvalue weighted by atomic mass is 10.1. The molecule has 0 saturated carbocycles. The summed E-state index contributed by atoms with van der Waals surface area (Å²) in [6.45, 7) is 1.84. The van der Waals surface area contributed by atoms with Gasteiger partial charge in [0.2, 0.25) is 0 Å². The van der Waals surface area contributed by atoms with Gasteiger partial charge in [-0.2, -0.15) is 4.37 Å². The molecule has 2 aromatic rings. The van der Waals surface area contributed by atoms with Gasteiger partial charge < -0.3 is 0 Å². The molecule has 0 radical (unpaired) electrons. The van der Waals surface area contributed by atoms with Crippen molar-refractivity contribution in [2.45, 2.75) is 13.3 Å². The Hall–Kier alpha value is -1.36. The van der Waals surface area contributed by atoms with Crippen molar-refractivity contribution in [3.05, 3.63) is 46.2 Å². The van der Waals surface area contributed by atoms with Gasteiger partial charge >= 0.3 is 0 Å². The molecule has 5 heteroatoms. The molecule has 1 aromatic carbocycles. The highest BCUT2D eigenvalue weighted by molar-refractivity contribution is 7.05. The highest BCUT2D eigenvalue weighted by Crippen LogP contribution is 2.14. The van der Waals surface area contributed by atoms with Crippen LogP contribution in [0.15, 0.2) is 18.2 Å². The van der Waals surface area contributed by atoms with Gasteiger partial charge in [0, 0.05) is 12.5 Å². The molecule has 2 nitrogen and oxygen atoms in total. The van der Waals surface area contributed by atoms with E-state index in [1.807, 2.05) is 6.92 Å². The van der Waals surface area contributed by atoms with Gasteiger partial charge in [-0.05, 0) is 30.1 Å². The summed E-state index contributed by atoms with van der Waals surface area (Å²) in [7, 11) is 0. The minimum atomic E-state index is -0.571. The van der Waals surface area contributed by atoms with Crippen LogP contribution in [0.2, 0.25) is 0 Å². The van der Waals surface area contributed by atoms with E-state index in [0.717, 1.165) is 11.1 Å². The van der Waals surface area contributed by atoms with Crippen LogP contribution in [-0.2, 0) is 6.42 Å². The molecule has 0 fully saturated rings. The third kappa shape index (κ3) is 2.36. The van der Waals surface area contributed by atoms with Crippen molar-refractivity contribution in [2.75, 3.05) is 0 Å². The molecule has 0 amide bonds. The monoisotopic (exact) mass is 226 g/mol. The van der Waals surface area contributed by atoms with Crippen molar-refractivity contribution in [3.8, 4) is 0 Å². The molecule has 1 heterocycles. The molecule has 78 valence electrons. The number of nitrogens with zero attached hydrogens (tertiary/aromatic N) is 2. The average molecular weight is 226 g/mol. The first-order valence-corrected chi connectivity index (χ1v) is 5.15. The zero-order valence-electron chi connectivity index (χ0n) is 8.00. The van der Waals surface area contributed by atoms with E-state index < -0.39 is 11.6 Å². The summed E-state index contributed by atoms with van der Waals surface area (Å²) >= 11 is 1.28. The molecule has 15 heavy (non-hydrogen) atoms. The first-order valence-electron chi connectivity index (χ1n) is 4.38. The fourth-order valence-electron chi connectivity index (χ4n) is 1.25. The highest BCUT2D eigenvalue weighted by Gasteiger charge is 2.07. The summed E-state index contributed by atoms with van der Waals surface area (Å²) in [6, 6.07) is 3.52. The topological polar surface area (TPSA) is 25.8 Å². The number of halogens is 2. The minimum Gasteiger partial charge on any atom is -0.225 e. The Morgan fingerprint density at radius 2 is 2.13 bits per heavy atom. The molecule has 2 rings (SSSR count). The molecule has 0 atom stereocenters. The Morgan fingerprint density at radius 3 is 2.73 bits per heavy atom. The summed E-state index contributed by atoms with van der Waals surface area (Å²) in [6.07, 6.45) is 0.302. The predicted molar refractivity (Wildman–Crippen MR) is 53.8 cm³/mol. The van der Waals surface area contributed by atoms with Gasteiger partial charge in [-0.15, -0.1) is 0 Å². The van der Waals surface area contributed by atoms with Crippen LogP contribution in [0.1, 0.15) is 16.4 Å². The maximum absolute atomic E-state index is 13.3. The third-order valence-electron chi connectivity index (χ3n) is 1.93. The fourth-order valence-corrected chi connectivity index (χ4v) is 1.74. The van der Waals surface area contributed by atoms with Gasteiger partial charge in [-0.25, -0.2) is 13.8 Å². The molecule has 0 aliphatic heterocycles. The van der Waals surface area contributed by atoms with E-state index in [2.05, 4.69) is 9.36 Å². The van der Waals surface area contributed by atoms with E-state index in [0.29, 0.717) is 17.8 Å². The van der Waals surface area contributed by atoms with Gasteiger partial charge in [0.05, 0.1) is 0 Å². The SMILES string of the molecule is Cc1nc(Cc2ccc(F)cc2F)ns1. The normalized spacial score (nSPS) is 10.6. The smallest absolute Gasteiger partial charge is 0.147 e. The quantitative estimate of drug-likeness (QED) is 0.786. The molecule has 0 spiro atoms.